The van der Waals surface area contributed by atoms with E-state index in [4.69, 9.17) is 0 Å². The molecule has 2 rings (SSSR count). The Bertz CT molecular complexity index is 484. The zero-order valence-electron chi connectivity index (χ0n) is 12.1. The molecule has 0 heterocycles. The summed E-state index contributed by atoms with van der Waals surface area (Å²) in [5, 5.41) is 20.3. The van der Waals surface area contributed by atoms with Crippen LogP contribution in [0.5, 0.6) is 0 Å². The van der Waals surface area contributed by atoms with Crippen molar-refractivity contribution in [2.45, 2.75) is 45.8 Å². The summed E-state index contributed by atoms with van der Waals surface area (Å²) in [6.07, 6.45) is 3.41. The Kier molecular flexibility index (Phi) is 4.60. The molecule has 0 radical (unpaired) electrons. The van der Waals surface area contributed by atoms with E-state index in [-0.39, 0.29) is 12.3 Å². The fraction of sp³-hybridized carbons (Fsp3) is 0.600. The Morgan fingerprint density at radius 1 is 1.45 bits per heavy atom. The Morgan fingerprint density at radius 2 is 2.15 bits per heavy atom. The molecule has 1 saturated carbocycles. The number of benzene rings is 1. The Labute approximate surface area is 119 Å². The number of aliphatic hydroxyl groups excluding tert-OH is 1. The lowest BCUT2D eigenvalue weighted by Crippen LogP contribution is -2.28. The molecule has 1 fully saturated rings. The Balaban J connectivity index is 2.25. The molecule has 1 N–H and O–H groups in total. The van der Waals surface area contributed by atoms with Crippen molar-refractivity contribution >= 4 is 11.4 Å². The quantitative estimate of drug-likeness (QED) is 0.614. The zero-order valence-corrected chi connectivity index (χ0v) is 12.1. The molecule has 0 aromatic heterocycles. The van der Waals surface area contributed by atoms with E-state index in [9.17, 15) is 15.2 Å². The molecule has 0 atom stereocenters. The highest BCUT2D eigenvalue weighted by Crippen LogP contribution is 2.35. The van der Waals surface area contributed by atoms with E-state index in [0.717, 1.165) is 18.7 Å². The van der Waals surface area contributed by atoms with Gasteiger partial charge in [-0.05, 0) is 31.2 Å². The molecule has 1 aromatic carbocycles. The summed E-state index contributed by atoms with van der Waals surface area (Å²) in [5.74, 6) is 0.617. The number of aliphatic hydroxyl groups is 1. The van der Waals surface area contributed by atoms with Gasteiger partial charge in [0, 0.05) is 36.0 Å². The molecule has 0 unspecified atom stereocenters. The van der Waals surface area contributed by atoms with Crippen LogP contribution in [0.3, 0.4) is 0 Å². The van der Waals surface area contributed by atoms with Crippen molar-refractivity contribution in [3.8, 4) is 0 Å². The highest BCUT2D eigenvalue weighted by atomic mass is 16.6. The van der Waals surface area contributed by atoms with Gasteiger partial charge in [-0.25, -0.2) is 0 Å². The number of nitro groups is 1. The molecule has 0 amide bonds. The average molecular weight is 278 g/mol. The predicted octanol–water partition coefficient (Wildman–Crippen LogP) is 3.10. The monoisotopic (exact) mass is 278 g/mol. The third-order valence-corrected chi connectivity index (χ3v) is 3.69. The number of non-ortho nitro benzene ring substituents is 1. The molecular weight excluding hydrogens is 256 g/mol. The molecule has 0 saturated heterocycles. The maximum atomic E-state index is 10.8. The summed E-state index contributed by atoms with van der Waals surface area (Å²) in [6, 6.07) is 5.32. The van der Waals surface area contributed by atoms with Crippen LogP contribution in [0.2, 0.25) is 0 Å². The Morgan fingerprint density at radius 3 is 2.65 bits per heavy atom. The summed E-state index contributed by atoms with van der Waals surface area (Å²) in [4.78, 5) is 12.7. The number of hydrogen-bond donors (Lipinski definition) is 1. The van der Waals surface area contributed by atoms with Gasteiger partial charge in [0.2, 0.25) is 0 Å². The van der Waals surface area contributed by atoms with Gasteiger partial charge in [0.1, 0.15) is 0 Å². The first-order valence-electron chi connectivity index (χ1n) is 7.17. The standard InChI is InChI=1S/C15H22N2O3/c1-11(2)7-8-16(13-3-4-13)15-6-5-14(17(19)20)9-12(15)10-18/h5-6,9,11,13,18H,3-4,7-8,10H2,1-2H3. The second-order valence-corrected chi connectivity index (χ2v) is 5.84. The van der Waals surface area contributed by atoms with Gasteiger partial charge in [0.15, 0.2) is 0 Å². The lowest BCUT2D eigenvalue weighted by molar-refractivity contribution is -0.384. The predicted molar refractivity (Wildman–Crippen MR) is 78.8 cm³/mol. The van der Waals surface area contributed by atoms with E-state index in [2.05, 4.69) is 18.7 Å². The van der Waals surface area contributed by atoms with E-state index in [1.807, 2.05) is 0 Å². The Hall–Kier alpha value is -1.62. The molecule has 0 bridgehead atoms. The van der Waals surface area contributed by atoms with Gasteiger partial charge in [-0.2, -0.15) is 0 Å². The third kappa shape index (κ3) is 3.48. The van der Waals surface area contributed by atoms with E-state index in [1.54, 1.807) is 6.07 Å². The van der Waals surface area contributed by atoms with Crippen LogP contribution >= 0.6 is 0 Å². The molecule has 110 valence electrons. The fourth-order valence-electron chi connectivity index (χ4n) is 2.38. The zero-order chi connectivity index (χ0) is 14.7. The topological polar surface area (TPSA) is 66.6 Å². The van der Waals surface area contributed by atoms with Gasteiger partial charge in [-0.15, -0.1) is 0 Å². The molecular formula is C15H22N2O3. The fourth-order valence-corrected chi connectivity index (χ4v) is 2.38. The summed E-state index contributed by atoms with van der Waals surface area (Å²) in [7, 11) is 0. The first-order valence-corrected chi connectivity index (χ1v) is 7.17. The maximum absolute atomic E-state index is 10.8. The van der Waals surface area contributed by atoms with Gasteiger partial charge in [0.05, 0.1) is 11.5 Å². The second-order valence-electron chi connectivity index (χ2n) is 5.84. The lowest BCUT2D eigenvalue weighted by Gasteiger charge is -2.27. The van der Waals surface area contributed by atoms with Gasteiger partial charge in [0.25, 0.3) is 5.69 Å². The largest absolute Gasteiger partial charge is 0.392 e. The van der Waals surface area contributed by atoms with E-state index in [1.165, 1.54) is 25.0 Å². The molecule has 5 nitrogen and oxygen atoms in total. The van der Waals surface area contributed by atoms with Gasteiger partial charge < -0.3 is 10.0 Å². The van der Waals surface area contributed by atoms with Crippen LogP contribution in [0.15, 0.2) is 18.2 Å². The smallest absolute Gasteiger partial charge is 0.269 e. The van der Waals surface area contributed by atoms with Crippen molar-refractivity contribution in [3.63, 3.8) is 0 Å². The molecule has 0 spiro atoms. The van der Waals surface area contributed by atoms with Crippen molar-refractivity contribution in [2.24, 2.45) is 5.92 Å². The number of nitro benzene ring substituents is 1. The van der Waals surface area contributed by atoms with Gasteiger partial charge in [-0.1, -0.05) is 13.8 Å². The van der Waals surface area contributed by atoms with Gasteiger partial charge in [-0.3, -0.25) is 10.1 Å². The van der Waals surface area contributed by atoms with Crippen molar-refractivity contribution in [1.82, 2.24) is 0 Å². The molecule has 1 aliphatic carbocycles. The van der Waals surface area contributed by atoms with Crippen LogP contribution in [0, 0.1) is 16.0 Å². The summed E-state index contributed by atoms with van der Waals surface area (Å²) >= 11 is 0. The third-order valence-electron chi connectivity index (χ3n) is 3.69. The SMILES string of the molecule is CC(C)CCN(c1ccc([N+](=O)[O-])cc1CO)C1CC1. The summed E-state index contributed by atoms with van der Waals surface area (Å²) in [5.41, 5.74) is 1.63. The summed E-state index contributed by atoms with van der Waals surface area (Å²) in [6.45, 7) is 5.15. The van der Waals surface area contributed by atoms with Crippen LogP contribution in [0.25, 0.3) is 0 Å². The first kappa shape index (κ1) is 14.8. The normalized spacial score (nSPS) is 14.6. The highest BCUT2D eigenvalue weighted by Gasteiger charge is 2.30. The van der Waals surface area contributed by atoms with Crippen molar-refractivity contribution < 1.29 is 10.0 Å². The van der Waals surface area contributed by atoms with E-state index >= 15 is 0 Å². The van der Waals surface area contributed by atoms with E-state index < -0.39 is 4.92 Å². The average Bonchev–Trinajstić information content (AvgIpc) is 3.23. The van der Waals surface area contributed by atoms with Crippen LogP contribution in [0.4, 0.5) is 11.4 Å². The molecule has 0 aliphatic heterocycles. The molecule has 20 heavy (non-hydrogen) atoms. The van der Waals surface area contributed by atoms with Crippen molar-refractivity contribution in [2.75, 3.05) is 11.4 Å². The second kappa shape index (κ2) is 6.22. The minimum absolute atomic E-state index is 0.0393. The van der Waals surface area contributed by atoms with Gasteiger partial charge >= 0.3 is 0 Å². The van der Waals surface area contributed by atoms with Crippen LogP contribution in [-0.2, 0) is 6.61 Å². The van der Waals surface area contributed by atoms with Crippen molar-refractivity contribution in [1.29, 1.82) is 0 Å². The van der Waals surface area contributed by atoms with Crippen LogP contribution < -0.4 is 4.90 Å². The number of hydrogen-bond acceptors (Lipinski definition) is 4. The maximum Gasteiger partial charge on any atom is 0.269 e. The minimum Gasteiger partial charge on any atom is -0.392 e. The summed E-state index contributed by atoms with van der Waals surface area (Å²) < 4.78 is 0. The lowest BCUT2D eigenvalue weighted by atomic mass is 10.1. The molecule has 1 aliphatic rings. The van der Waals surface area contributed by atoms with Crippen LogP contribution in [0.1, 0.15) is 38.7 Å². The molecule has 1 aromatic rings. The number of rotatable bonds is 7. The number of anilines is 1. The minimum atomic E-state index is -0.418. The highest BCUT2D eigenvalue weighted by molar-refractivity contribution is 5.59. The first-order chi connectivity index (χ1) is 9.52. The van der Waals surface area contributed by atoms with E-state index in [0.29, 0.717) is 17.5 Å². The number of nitrogens with zero attached hydrogens (tertiary/aromatic N) is 2. The van der Waals surface area contributed by atoms with Crippen molar-refractivity contribution in [3.05, 3.63) is 33.9 Å². The molecule has 5 heteroatoms. The van der Waals surface area contributed by atoms with Crippen LogP contribution in [-0.4, -0.2) is 22.6 Å².